The highest BCUT2D eigenvalue weighted by Gasteiger charge is 2.39. The highest BCUT2D eigenvalue weighted by atomic mass is 16.5. The molecule has 0 aromatic rings. The predicted molar refractivity (Wildman–Crippen MR) is 82.7 cm³/mol. The molecule has 3 heteroatoms. The van der Waals surface area contributed by atoms with Gasteiger partial charge in [0.25, 0.3) is 0 Å². The maximum absolute atomic E-state index is 6.27. The summed E-state index contributed by atoms with van der Waals surface area (Å²) in [6.07, 6.45) is 8.62. The van der Waals surface area contributed by atoms with Crippen LogP contribution in [0.25, 0.3) is 0 Å². The van der Waals surface area contributed by atoms with Gasteiger partial charge in [-0.05, 0) is 56.3 Å². The van der Waals surface area contributed by atoms with Crippen LogP contribution < -0.4 is 5.73 Å². The third kappa shape index (κ3) is 4.19. The zero-order valence-corrected chi connectivity index (χ0v) is 13.6. The molecule has 2 N–H and O–H groups in total. The summed E-state index contributed by atoms with van der Waals surface area (Å²) in [4.78, 5) is 0. The molecule has 1 aliphatic carbocycles. The van der Waals surface area contributed by atoms with Crippen LogP contribution in [0.3, 0.4) is 0 Å². The van der Waals surface area contributed by atoms with Crippen molar-refractivity contribution in [3.8, 4) is 0 Å². The number of nitrogens with two attached hydrogens (primary N) is 1. The second-order valence-corrected chi connectivity index (χ2v) is 7.83. The molecule has 1 saturated carbocycles. The number of rotatable bonds is 4. The van der Waals surface area contributed by atoms with Crippen LogP contribution in [0.5, 0.6) is 0 Å². The van der Waals surface area contributed by atoms with Gasteiger partial charge in [0, 0.05) is 13.2 Å². The first-order valence-corrected chi connectivity index (χ1v) is 8.41. The SMILES string of the molecule is CC(C)(C)C1CCC(CN)(OCC2CCCCO2)CC1. The minimum Gasteiger partial charge on any atom is -0.376 e. The van der Waals surface area contributed by atoms with E-state index in [-0.39, 0.29) is 5.60 Å². The molecule has 2 fully saturated rings. The average Bonchev–Trinajstić information content (AvgIpc) is 2.46. The molecule has 1 atom stereocenters. The van der Waals surface area contributed by atoms with E-state index in [1.54, 1.807) is 0 Å². The van der Waals surface area contributed by atoms with Crippen LogP contribution in [0, 0.1) is 11.3 Å². The van der Waals surface area contributed by atoms with E-state index in [0.717, 1.165) is 38.4 Å². The Morgan fingerprint density at radius 1 is 1.15 bits per heavy atom. The molecule has 0 spiro atoms. The van der Waals surface area contributed by atoms with E-state index in [1.165, 1.54) is 25.7 Å². The van der Waals surface area contributed by atoms with Crippen molar-refractivity contribution in [3.05, 3.63) is 0 Å². The molecule has 1 unspecified atom stereocenters. The Hall–Kier alpha value is -0.120. The number of hydrogen-bond acceptors (Lipinski definition) is 3. The molecule has 3 nitrogen and oxygen atoms in total. The van der Waals surface area contributed by atoms with E-state index < -0.39 is 0 Å². The Morgan fingerprint density at radius 2 is 1.85 bits per heavy atom. The van der Waals surface area contributed by atoms with Gasteiger partial charge in [0.05, 0.1) is 18.3 Å². The van der Waals surface area contributed by atoms with Crippen LogP contribution in [-0.4, -0.2) is 31.5 Å². The third-order valence-electron chi connectivity index (χ3n) is 5.34. The van der Waals surface area contributed by atoms with Crippen molar-refractivity contribution >= 4 is 0 Å². The van der Waals surface area contributed by atoms with E-state index in [4.69, 9.17) is 15.2 Å². The Morgan fingerprint density at radius 3 is 2.35 bits per heavy atom. The smallest absolute Gasteiger partial charge is 0.0808 e. The third-order valence-corrected chi connectivity index (χ3v) is 5.34. The molecule has 0 bridgehead atoms. The highest BCUT2D eigenvalue weighted by molar-refractivity contribution is 4.91. The van der Waals surface area contributed by atoms with Crippen molar-refractivity contribution in [1.29, 1.82) is 0 Å². The van der Waals surface area contributed by atoms with E-state index in [9.17, 15) is 0 Å². The Balaban J connectivity index is 1.82. The zero-order valence-electron chi connectivity index (χ0n) is 13.6. The summed E-state index contributed by atoms with van der Waals surface area (Å²) in [7, 11) is 0. The summed E-state index contributed by atoms with van der Waals surface area (Å²) in [5.41, 5.74) is 6.37. The predicted octanol–water partition coefficient (Wildman–Crippen LogP) is 3.51. The zero-order chi connectivity index (χ0) is 14.6. The summed E-state index contributed by atoms with van der Waals surface area (Å²) in [6.45, 7) is 9.33. The van der Waals surface area contributed by atoms with Gasteiger partial charge in [0.15, 0.2) is 0 Å². The van der Waals surface area contributed by atoms with Crippen molar-refractivity contribution in [2.45, 2.75) is 77.4 Å². The van der Waals surface area contributed by atoms with Crippen molar-refractivity contribution in [2.24, 2.45) is 17.1 Å². The molecule has 2 aliphatic rings. The van der Waals surface area contributed by atoms with Crippen LogP contribution >= 0.6 is 0 Å². The molecular weight excluding hydrogens is 250 g/mol. The summed E-state index contributed by atoms with van der Waals surface area (Å²) < 4.78 is 12.0. The van der Waals surface area contributed by atoms with E-state index in [1.807, 2.05) is 0 Å². The lowest BCUT2D eigenvalue weighted by Gasteiger charge is -2.44. The van der Waals surface area contributed by atoms with E-state index in [0.29, 0.717) is 18.1 Å². The fourth-order valence-corrected chi connectivity index (χ4v) is 3.63. The average molecular weight is 283 g/mol. The first kappa shape index (κ1) is 16.3. The summed E-state index contributed by atoms with van der Waals surface area (Å²) in [6, 6.07) is 0. The van der Waals surface area contributed by atoms with Gasteiger partial charge in [-0.15, -0.1) is 0 Å². The first-order valence-electron chi connectivity index (χ1n) is 8.41. The molecule has 20 heavy (non-hydrogen) atoms. The molecule has 0 amide bonds. The Kier molecular flexibility index (Phi) is 5.49. The lowest BCUT2D eigenvalue weighted by molar-refractivity contribution is -0.124. The van der Waals surface area contributed by atoms with Gasteiger partial charge in [-0.3, -0.25) is 0 Å². The van der Waals surface area contributed by atoms with E-state index >= 15 is 0 Å². The molecule has 0 radical (unpaired) electrons. The fraction of sp³-hybridized carbons (Fsp3) is 1.00. The largest absolute Gasteiger partial charge is 0.376 e. The molecule has 2 rings (SSSR count). The van der Waals surface area contributed by atoms with Gasteiger partial charge >= 0.3 is 0 Å². The second kappa shape index (κ2) is 6.76. The van der Waals surface area contributed by atoms with Gasteiger partial charge in [-0.1, -0.05) is 20.8 Å². The Bertz CT molecular complexity index is 284. The molecule has 1 heterocycles. The molecular formula is C17H33NO2. The maximum Gasteiger partial charge on any atom is 0.0808 e. The number of hydrogen-bond donors (Lipinski definition) is 1. The normalized spacial score (nSPS) is 36.0. The van der Waals surface area contributed by atoms with Gasteiger partial charge in [-0.2, -0.15) is 0 Å². The van der Waals surface area contributed by atoms with Crippen LogP contribution in [0.4, 0.5) is 0 Å². The van der Waals surface area contributed by atoms with Gasteiger partial charge in [0.1, 0.15) is 0 Å². The van der Waals surface area contributed by atoms with Gasteiger partial charge in [-0.25, -0.2) is 0 Å². The summed E-state index contributed by atoms with van der Waals surface area (Å²) >= 11 is 0. The van der Waals surface area contributed by atoms with E-state index in [2.05, 4.69) is 20.8 Å². The van der Waals surface area contributed by atoms with Gasteiger partial charge < -0.3 is 15.2 Å². The standard InChI is InChI=1S/C17H33NO2/c1-16(2,3)14-7-9-17(13-18,10-8-14)20-12-15-6-4-5-11-19-15/h14-15H,4-13,18H2,1-3H3. The minimum atomic E-state index is -0.0808. The molecule has 0 aromatic carbocycles. The Labute approximate surface area is 124 Å². The van der Waals surface area contributed by atoms with Gasteiger partial charge in [0.2, 0.25) is 0 Å². The molecule has 1 saturated heterocycles. The molecule has 118 valence electrons. The van der Waals surface area contributed by atoms with Crippen LogP contribution in [0.15, 0.2) is 0 Å². The lowest BCUT2D eigenvalue weighted by atomic mass is 9.68. The summed E-state index contributed by atoms with van der Waals surface area (Å²) in [5.74, 6) is 0.803. The second-order valence-electron chi connectivity index (χ2n) is 7.83. The van der Waals surface area contributed by atoms with Crippen molar-refractivity contribution < 1.29 is 9.47 Å². The molecule has 1 aliphatic heterocycles. The maximum atomic E-state index is 6.27. The van der Waals surface area contributed by atoms with Crippen LogP contribution in [0.1, 0.15) is 65.7 Å². The first-order chi connectivity index (χ1) is 9.45. The van der Waals surface area contributed by atoms with Crippen molar-refractivity contribution in [2.75, 3.05) is 19.8 Å². The molecule has 0 aromatic heterocycles. The highest BCUT2D eigenvalue weighted by Crippen LogP contribution is 2.42. The fourth-order valence-electron chi connectivity index (χ4n) is 3.63. The lowest BCUT2D eigenvalue weighted by Crippen LogP contribution is -2.47. The monoisotopic (exact) mass is 283 g/mol. The minimum absolute atomic E-state index is 0.0808. The van der Waals surface area contributed by atoms with Crippen LogP contribution in [0.2, 0.25) is 0 Å². The number of ether oxygens (including phenoxy) is 2. The van der Waals surface area contributed by atoms with Crippen LogP contribution in [-0.2, 0) is 9.47 Å². The quantitative estimate of drug-likeness (QED) is 0.858. The summed E-state index contributed by atoms with van der Waals surface area (Å²) in [5, 5.41) is 0. The van der Waals surface area contributed by atoms with Crippen molar-refractivity contribution in [3.63, 3.8) is 0 Å². The van der Waals surface area contributed by atoms with Crippen molar-refractivity contribution in [1.82, 2.24) is 0 Å². The topological polar surface area (TPSA) is 44.5 Å².